The van der Waals surface area contributed by atoms with Gasteiger partial charge in [-0.3, -0.25) is 0 Å². The normalized spacial score (nSPS) is 10.7. The van der Waals surface area contributed by atoms with Crippen LogP contribution in [-0.2, 0) is 0 Å². The zero-order valence-corrected chi connectivity index (χ0v) is 9.07. The fraction of sp³-hybridized carbons (Fsp3) is 0. The first-order valence-electron chi connectivity index (χ1n) is 5.13. The zero-order valence-electron chi connectivity index (χ0n) is 9.07. The van der Waals surface area contributed by atoms with Crippen LogP contribution >= 0.6 is 0 Å². The number of nitrogens with zero attached hydrogens (tertiary/aromatic N) is 2. The van der Waals surface area contributed by atoms with Crippen LogP contribution in [0.2, 0.25) is 0 Å². The van der Waals surface area contributed by atoms with E-state index in [4.69, 9.17) is 8.94 Å². The molecule has 2 heterocycles. The Morgan fingerprint density at radius 1 is 1.11 bits per heavy atom. The van der Waals surface area contributed by atoms with Crippen molar-refractivity contribution < 1.29 is 19.2 Å². The van der Waals surface area contributed by atoms with E-state index in [1.165, 1.54) is 18.6 Å². The lowest BCUT2D eigenvalue weighted by Crippen LogP contribution is -1.80. The average molecular weight is 244 g/mol. The Bertz CT molecular complexity index is 673. The maximum absolute atomic E-state index is 9.69. The van der Waals surface area contributed by atoms with Gasteiger partial charge in [-0.2, -0.15) is 4.98 Å². The molecule has 0 saturated heterocycles. The zero-order chi connectivity index (χ0) is 12.5. The number of benzene rings is 1. The van der Waals surface area contributed by atoms with Gasteiger partial charge in [-0.25, -0.2) is 0 Å². The monoisotopic (exact) mass is 244 g/mol. The van der Waals surface area contributed by atoms with Crippen molar-refractivity contribution >= 4 is 0 Å². The summed E-state index contributed by atoms with van der Waals surface area (Å²) in [7, 11) is 0. The van der Waals surface area contributed by atoms with Gasteiger partial charge in [0.25, 0.3) is 5.89 Å². The highest BCUT2D eigenvalue weighted by Gasteiger charge is 2.16. The van der Waals surface area contributed by atoms with Crippen molar-refractivity contribution in [1.82, 2.24) is 10.1 Å². The third kappa shape index (κ3) is 1.60. The van der Waals surface area contributed by atoms with Gasteiger partial charge in [-0.1, -0.05) is 11.2 Å². The molecule has 0 bridgehead atoms. The largest absolute Gasteiger partial charge is 0.504 e. The number of aromatic nitrogens is 2. The molecular weight excluding hydrogens is 236 g/mol. The van der Waals surface area contributed by atoms with Gasteiger partial charge in [0.05, 0.1) is 17.4 Å². The molecule has 18 heavy (non-hydrogen) atoms. The predicted molar refractivity (Wildman–Crippen MR) is 60.8 cm³/mol. The highest BCUT2D eigenvalue weighted by Crippen LogP contribution is 2.35. The van der Waals surface area contributed by atoms with Crippen LogP contribution in [0, 0.1) is 0 Å². The molecule has 0 aliphatic heterocycles. The van der Waals surface area contributed by atoms with Crippen molar-refractivity contribution in [3.63, 3.8) is 0 Å². The quantitative estimate of drug-likeness (QED) is 0.672. The summed E-state index contributed by atoms with van der Waals surface area (Å²) in [5, 5.41) is 22.9. The van der Waals surface area contributed by atoms with Crippen LogP contribution in [0.15, 0.2) is 45.7 Å². The van der Waals surface area contributed by atoms with E-state index >= 15 is 0 Å². The Labute approximate surface area is 101 Å². The molecule has 1 aromatic carbocycles. The Morgan fingerprint density at radius 2 is 2.00 bits per heavy atom. The third-order valence-corrected chi connectivity index (χ3v) is 2.45. The second-order valence-corrected chi connectivity index (χ2v) is 3.61. The molecule has 0 unspecified atom stereocenters. The van der Waals surface area contributed by atoms with Crippen molar-refractivity contribution in [3.05, 3.63) is 36.8 Å². The summed E-state index contributed by atoms with van der Waals surface area (Å²) in [6.45, 7) is 0. The molecule has 6 nitrogen and oxygen atoms in total. The van der Waals surface area contributed by atoms with Crippen LogP contribution in [-0.4, -0.2) is 20.4 Å². The van der Waals surface area contributed by atoms with Crippen molar-refractivity contribution in [2.24, 2.45) is 0 Å². The fourth-order valence-electron chi connectivity index (χ4n) is 1.55. The van der Waals surface area contributed by atoms with Gasteiger partial charge in [0.15, 0.2) is 11.5 Å². The van der Waals surface area contributed by atoms with E-state index in [0.717, 1.165) is 0 Å². The Kier molecular flexibility index (Phi) is 2.26. The molecule has 0 saturated carbocycles. The van der Waals surface area contributed by atoms with E-state index in [2.05, 4.69) is 10.1 Å². The van der Waals surface area contributed by atoms with E-state index in [1.54, 1.807) is 18.2 Å². The first-order valence-corrected chi connectivity index (χ1v) is 5.13. The van der Waals surface area contributed by atoms with Crippen LogP contribution < -0.4 is 0 Å². The molecule has 0 spiro atoms. The average Bonchev–Trinajstić information content (AvgIpc) is 3.01. The smallest absolute Gasteiger partial charge is 0.262 e. The molecule has 2 N–H and O–H groups in total. The summed E-state index contributed by atoms with van der Waals surface area (Å²) in [6, 6.07) is 6.21. The van der Waals surface area contributed by atoms with Gasteiger partial charge in [-0.05, 0) is 18.2 Å². The second-order valence-electron chi connectivity index (χ2n) is 3.61. The van der Waals surface area contributed by atoms with Crippen LogP contribution in [0.25, 0.3) is 22.8 Å². The van der Waals surface area contributed by atoms with Gasteiger partial charge in [0, 0.05) is 0 Å². The lowest BCUT2D eigenvalue weighted by atomic mass is 10.2. The summed E-state index contributed by atoms with van der Waals surface area (Å²) in [5.74, 6) is -0.0588. The molecule has 0 fully saturated rings. The molecule has 90 valence electrons. The Morgan fingerprint density at radius 3 is 2.78 bits per heavy atom. The highest BCUT2D eigenvalue weighted by atomic mass is 16.5. The lowest BCUT2D eigenvalue weighted by Gasteiger charge is -2.00. The van der Waals surface area contributed by atoms with Crippen LogP contribution in [0.1, 0.15) is 0 Å². The Balaban J connectivity index is 2.06. The SMILES string of the molecule is Oc1cccc(-c2nc(-c3ccoc3)no2)c1O. The van der Waals surface area contributed by atoms with Gasteiger partial charge in [0.1, 0.15) is 6.26 Å². The van der Waals surface area contributed by atoms with Crippen molar-refractivity contribution in [2.45, 2.75) is 0 Å². The molecule has 0 amide bonds. The molecular formula is C12H8N2O4. The molecule has 0 aliphatic rings. The molecule has 3 rings (SSSR count). The van der Waals surface area contributed by atoms with Crippen molar-refractivity contribution in [1.29, 1.82) is 0 Å². The molecule has 0 atom stereocenters. The summed E-state index contributed by atoms with van der Waals surface area (Å²) in [6.07, 6.45) is 2.98. The van der Waals surface area contributed by atoms with Crippen LogP contribution in [0.5, 0.6) is 11.5 Å². The summed E-state index contributed by atoms with van der Waals surface area (Å²) < 4.78 is 9.95. The summed E-state index contributed by atoms with van der Waals surface area (Å²) in [4.78, 5) is 4.12. The third-order valence-electron chi connectivity index (χ3n) is 2.45. The minimum Gasteiger partial charge on any atom is -0.504 e. The van der Waals surface area contributed by atoms with Crippen molar-refractivity contribution in [3.8, 4) is 34.3 Å². The second kappa shape index (κ2) is 3.92. The van der Waals surface area contributed by atoms with Crippen LogP contribution in [0.4, 0.5) is 0 Å². The van der Waals surface area contributed by atoms with Crippen molar-refractivity contribution in [2.75, 3.05) is 0 Å². The van der Waals surface area contributed by atoms with E-state index in [9.17, 15) is 10.2 Å². The molecule has 3 aromatic rings. The topological polar surface area (TPSA) is 92.5 Å². The minimum atomic E-state index is -0.292. The van der Waals surface area contributed by atoms with Gasteiger partial charge in [0.2, 0.25) is 5.82 Å². The number of rotatable bonds is 2. The fourth-order valence-corrected chi connectivity index (χ4v) is 1.55. The van der Waals surface area contributed by atoms with Crippen LogP contribution in [0.3, 0.4) is 0 Å². The maximum Gasteiger partial charge on any atom is 0.262 e. The Hall–Kier alpha value is -2.76. The number of phenolic OH excluding ortho intramolecular Hbond substituents is 2. The van der Waals surface area contributed by atoms with Gasteiger partial charge in [-0.15, -0.1) is 0 Å². The molecule has 6 heteroatoms. The first kappa shape index (κ1) is 10.4. The lowest BCUT2D eigenvalue weighted by molar-refractivity contribution is 0.397. The molecule has 0 aliphatic carbocycles. The van der Waals surface area contributed by atoms with E-state index in [1.807, 2.05) is 0 Å². The number of phenols is 2. The highest BCUT2D eigenvalue weighted by molar-refractivity contribution is 5.68. The van der Waals surface area contributed by atoms with E-state index in [0.29, 0.717) is 11.4 Å². The minimum absolute atomic E-state index is 0.125. The summed E-state index contributed by atoms with van der Waals surface area (Å²) in [5.41, 5.74) is 0.946. The number of hydrogen-bond acceptors (Lipinski definition) is 6. The predicted octanol–water partition coefficient (Wildman–Crippen LogP) is 2.41. The first-order chi connectivity index (χ1) is 8.75. The molecule has 0 radical (unpaired) electrons. The van der Waals surface area contributed by atoms with Gasteiger partial charge < -0.3 is 19.2 Å². The van der Waals surface area contributed by atoms with E-state index in [-0.39, 0.29) is 23.0 Å². The number of aromatic hydroxyl groups is 2. The number of para-hydroxylation sites is 1. The summed E-state index contributed by atoms with van der Waals surface area (Å²) >= 11 is 0. The number of hydrogen-bond donors (Lipinski definition) is 2. The molecule has 2 aromatic heterocycles. The van der Waals surface area contributed by atoms with Gasteiger partial charge >= 0.3 is 0 Å². The standard InChI is InChI=1S/C12H8N2O4/c15-9-3-1-2-8(10(9)16)12-13-11(14-18-12)7-4-5-17-6-7/h1-6,15-16H. The maximum atomic E-state index is 9.69. The van der Waals surface area contributed by atoms with E-state index < -0.39 is 0 Å². The number of furan rings is 1.